The second-order valence-corrected chi connectivity index (χ2v) is 12.2. The predicted octanol–water partition coefficient (Wildman–Crippen LogP) is 12.1. The van der Waals surface area contributed by atoms with Gasteiger partial charge in [-0.25, -0.2) is 0 Å². The van der Waals surface area contributed by atoms with E-state index in [1.165, 1.54) is 36.0 Å². The molecule has 36 heavy (non-hydrogen) atoms. The summed E-state index contributed by atoms with van der Waals surface area (Å²) in [5, 5.41) is 0. The van der Waals surface area contributed by atoms with Crippen molar-refractivity contribution < 1.29 is 0 Å². The third-order valence-corrected chi connectivity index (χ3v) is 8.89. The minimum atomic E-state index is 0.0446. The fraction of sp³-hybridized carbons (Fsp3) is 0.667. The zero-order valence-corrected chi connectivity index (χ0v) is 25.9. The number of hydrogen-bond donors (Lipinski definition) is 0. The summed E-state index contributed by atoms with van der Waals surface area (Å²) in [6.07, 6.45) is 19.8. The Labute approximate surface area is 227 Å². The number of rotatable bonds is 20. The Balaban J connectivity index is 4.61. The molecule has 0 aliphatic carbocycles. The molecule has 0 saturated heterocycles. The molecule has 0 aromatic carbocycles. The van der Waals surface area contributed by atoms with Crippen LogP contribution in [0.15, 0.2) is 72.9 Å². The van der Waals surface area contributed by atoms with Gasteiger partial charge in [0.25, 0.3) is 0 Å². The van der Waals surface area contributed by atoms with E-state index in [4.69, 9.17) is 0 Å². The van der Waals surface area contributed by atoms with Crippen molar-refractivity contribution in [2.24, 2.45) is 35.0 Å². The van der Waals surface area contributed by atoms with Crippen LogP contribution in [0.4, 0.5) is 0 Å². The van der Waals surface area contributed by atoms with Crippen molar-refractivity contribution >= 4 is 0 Å². The maximum absolute atomic E-state index is 4.44. The smallest absolute Gasteiger partial charge is 0.00303 e. The SMILES string of the molecule is C=C[C@@](C)(/C=C/[C@H](C)CC[C@@H](C)C(=C)CC[C@@H](C)/C(=C\C)CC)CC[C@@H](C)C(=C)CC[C@@H](C)C(=C)C. The van der Waals surface area contributed by atoms with Crippen LogP contribution in [0.3, 0.4) is 0 Å². The van der Waals surface area contributed by atoms with Gasteiger partial charge in [-0.05, 0) is 101 Å². The van der Waals surface area contributed by atoms with Gasteiger partial charge < -0.3 is 0 Å². The molecule has 0 heterocycles. The van der Waals surface area contributed by atoms with Gasteiger partial charge in [0.2, 0.25) is 0 Å². The molecule has 0 nitrogen and oxygen atoms in total. The first-order valence-corrected chi connectivity index (χ1v) is 14.8. The Morgan fingerprint density at radius 1 is 0.778 bits per heavy atom. The standard InChI is InChI=1S/C36H62/c1-14-35(15-2)34(12)22-21-31(9)30(8)18-17-28(6)23-25-36(13,16-3)26-24-33(11)32(10)20-19-29(7)27(4)5/h14,16,23,25,28-30,33-34H,3-4,9-10,15,17-22,24,26H2,1-2,5-8,11-13H3/b25-23+,35-14-/t28-,29-,30-,33-,34-,36+/m1/s1. The third-order valence-electron chi connectivity index (χ3n) is 8.89. The molecule has 0 aromatic heterocycles. The summed E-state index contributed by atoms with van der Waals surface area (Å²) >= 11 is 0. The van der Waals surface area contributed by atoms with Crippen LogP contribution < -0.4 is 0 Å². The van der Waals surface area contributed by atoms with Gasteiger partial charge in [-0.1, -0.05) is 115 Å². The maximum atomic E-state index is 4.44. The van der Waals surface area contributed by atoms with Crippen molar-refractivity contribution in [2.45, 2.75) is 120 Å². The van der Waals surface area contributed by atoms with Crippen molar-refractivity contribution in [3.63, 3.8) is 0 Å². The predicted molar refractivity (Wildman–Crippen MR) is 167 cm³/mol. The molecule has 0 radical (unpaired) electrons. The first-order chi connectivity index (χ1) is 16.8. The van der Waals surface area contributed by atoms with Crippen LogP contribution in [-0.2, 0) is 0 Å². The highest BCUT2D eigenvalue weighted by molar-refractivity contribution is 5.10. The van der Waals surface area contributed by atoms with Crippen molar-refractivity contribution in [3.05, 3.63) is 72.9 Å². The summed E-state index contributed by atoms with van der Waals surface area (Å²) in [6.45, 7) is 37.7. The Hall–Kier alpha value is -1.56. The molecule has 0 N–H and O–H groups in total. The highest BCUT2D eigenvalue weighted by atomic mass is 14.2. The van der Waals surface area contributed by atoms with Gasteiger partial charge in [-0.15, -0.1) is 6.58 Å². The average Bonchev–Trinajstić information content (AvgIpc) is 2.86. The monoisotopic (exact) mass is 494 g/mol. The second kappa shape index (κ2) is 17.8. The first kappa shape index (κ1) is 34.4. The summed E-state index contributed by atoms with van der Waals surface area (Å²) < 4.78 is 0. The van der Waals surface area contributed by atoms with E-state index in [1.54, 1.807) is 5.57 Å². The van der Waals surface area contributed by atoms with E-state index >= 15 is 0 Å². The molecule has 0 aromatic rings. The van der Waals surface area contributed by atoms with Gasteiger partial charge in [0, 0.05) is 5.41 Å². The Bertz CT molecular complexity index is 744. The topological polar surface area (TPSA) is 0 Å². The maximum Gasteiger partial charge on any atom is 0.00303 e. The van der Waals surface area contributed by atoms with Crippen LogP contribution in [0.5, 0.6) is 0 Å². The molecule has 0 saturated carbocycles. The molecule has 0 rings (SSSR count). The Morgan fingerprint density at radius 3 is 1.78 bits per heavy atom. The fourth-order valence-corrected chi connectivity index (χ4v) is 4.75. The normalized spacial score (nSPS) is 18.2. The summed E-state index contributed by atoms with van der Waals surface area (Å²) in [5.74, 6) is 2.95. The second-order valence-electron chi connectivity index (χ2n) is 12.2. The zero-order valence-electron chi connectivity index (χ0n) is 25.9. The van der Waals surface area contributed by atoms with Crippen molar-refractivity contribution in [3.8, 4) is 0 Å². The van der Waals surface area contributed by atoms with Crippen LogP contribution in [0.25, 0.3) is 0 Å². The summed E-state index contributed by atoms with van der Waals surface area (Å²) in [5.41, 5.74) is 5.70. The molecule has 0 heteroatoms. The lowest BCUT2D eigenvalue weighted by molar-refractivity contribution is 0.423. The molecule has 0 amide bonds. The number of allylic oxidation sites excluding steroid dienone is 8. The van der Waals surface area contributed by atoms with Gasteiger partial charge in [-0.2, -0.15) is 0 Å². The zero-order chi connectivity index (χ0) is 27.9. The largest absolute Gasteiger partial charge is 0.102 e. The third kappa shape index (κ3) is 13.7. The molecule has 0 aliphatic heterocycles. The molecule has 6 atom stereocenters. The molecule has 0 unspecified atom stereocenters. The summed E-state index contributed by atoms with van der Waals surface area (Å²) in [6, 6.07) is 0. The van der Waals surface area contributed by atoms with Gasteiger partial charge in [0.15, 0.2) is 0 Å². The fourth-order valence-electron chi connectivity index (χ4n) is 4.75. The van der Waals surface area contributed by atoms with Crippen LogP contribution >= 0.6 is 0 Å². The van der Waals surface area contributed by atoms with Crippen LogP contribution in [-0.4, -0.2) is 0 Å². The van der Waals surface area contributed by atoms with Gasteiger partial charge in [-0.3, -0.25) is 0 Å². The van der Waals surface area contributed by atoms with E-state index in [2.05, 4.69) is 113 Å². The molecule has 0 fully saturated rings. The highest BCUT2D eigenvalue weighted by Gasteiger charge is 2.20. The van der Waals surface area contributed by atoms with E-state index in [-0.39, 0.29) is 5.41 Å². The average molecular weight is 495 g/mol. The van der Waals surface area contributed by atoms with Gasteiger partial charge in [0.1, 0.15) is 0 Å². The van der Waals surface area contributed by atoms with Crippen LogP contribution in [0, 0.1) is 35.0 Å². The molecule has 0 spiro atoms. The van der Waals surface area contributed by atoms with E-state index < -0.39 is 0 Å². The van der Waals surface area contributed by atoms with Gasteiger partial charge in [0.05, 0.1) is 0 Å². The van der Waals surface area contributed by atoms with E-state index in [0.29, 0.717) is 29.6 Å². The van der Waals surface area contributed by atoms with E-state index in [9.17, 15) is 0 Å². The number of hydrogen-bond acceptors (Lipinski definition) is 0. The Kier molecular flexibility index (Phi) is 17.0. The minimum Gasteiger partial charge on any atom is -0.102 e. The quantitative estimate of drug-likeness (QED) is 0.148. The van der Waals surface area contributed by atoms with Crippen LogP contribution in [0.1, 0.15) is 120 Å². The molecule has 0 bridgehead atoms. The van der Waals surface area contributed by atoms with Crippen molar-refractivity contribution in [1.82, 2.24) is 0 Å². The summed E-state index contributed by atoms with van der Waals surface area (Å²) in [7, 11) is 0. The molecular weight excluding hydrogens is 432 g/mol. The lowest BCUT2D eigenvalue weighted by Crippen LogP contribution is -2.13. The van der Waals surface area contributed by atoms with Crippen molar-refractivity contribution in [1.29, 1.82) is 0 Å². The summed E-state index contributed by atoms with van der Waals surface area (Å²) in [4.78, 5) is 0. The highest BCUT2D eigenvalue weighted by Crippen LogP contribution is 2.33. The lowest BCUT2D eigenvalue weighted by Gasteiger charge is -2.25. The first-order valence-electron chi connectivity index (χ1n) is 14.8. The van der Waals surface area contributed by atoms with Crippen molar-refractivity contribution in [2.75, 3.05) is 0 Å². The van der Waals surface area contributed by atoms with Crippen LogP contribution in [0.2, 0.25) is 0 Å². The van der Waals surface area contributed by atoms with E-state index in [1.807, 2.05) is 0 Å². The minimum absolute atomic E-state index is 0.0446. The molecule has 206 valence electrons. The van der Waals surface area contributed by atoms with E-state index in [0.717, 1.165) is 38.5 Å². The lowest BCUT2D eigenvalue weighted by atomic mass is 9.79. The Morgan fingerprint density at radius 2 is 1.31 bits per heavy atom. The van der Waals surface area contributed by atoms with Gasteiger partial charge >= 0.3 is 0 Å². The molecular formula is C36H62. The molecule has 0 aliphatic rings.